The Hall–Kier alpha value is -1.75. The summed E-state index contributed by atoms with van der Waals surface area (Å²) in [7, 11) is 6.01. The van der Waals surface area contributed by atoms with Gasteiger partial charge < -0.3 is 20.9 Å². The maximum Gasteiger partial charge on any atom is 0.321 e. The predicted octanol–water partition coefficient (Wildman–Crippen LogP) is 2.22. The highest BCUT2D eigenvalue weighted by Crippen LogP contribution is 2.36. The Labute approximate surface area is 120 Å². The maximum absolute atomic E-state index is 12.2. The maximum atomic E-state index is 12.2. The molecule has 20 heavy (non-hydrogen) atoms. The van der Waals surface area contributed by atoms with Crippen molar-refractivity contribution < 1.29 is 4.79 Å². The van der Waals surface area contributed by atoms with E-state index in [1.54, 1.807) is 17.0 Å². The predicted molar refractivity (Wildman–Crippen MR) is 82.8 cm³/mol. The molecule has 110 valence electrons. The molecule has 0 radical (unpaired) electrons. The minimum atomic E-state index is -0.0938. The van der Waals surface area contributed by atoms with Crippen LogP contribution in [0.3, 0.4) is 0 Å². The van der Waals surface area contributed by atoms with E-state index < -0.39 is 0 Å². The molecular weight excluding hydrogens is 252 g/mol. The van der Waals surface area contributed by atoms with Crippen molar-refractivity contribution in [2.45, 2.75) is 24.8 Å². The van der Waals surface area contributed by atoms with Gasteiger partial charge in [-0.15, -0.1) is 0 Å². The molecule has 5 heteroatoms. The zero-order valence-corrected chi connectivity index (χ0v) is 12.5. The molecular formula is C15H24N4O. The van der Waals surface area contributed by atoms with E-state index in [0.717, 1.165) is 25.1 Å². The molecule has 2 rings (SSSR count). The summed E-state index contributed by atoms with van der Waals surface area (Å²) in [5, 5.41) is 2.88. The number of rotatable bonds is 4. The molecule has 3 N–H and O–H groups in total. The molecule has 5 nitrogen and oxygen atoms in total. The Morgan fingerprint density at radius 2 is 2.05 bits per heavy atom. The van der Waals surface area contributed by atoms with Gasteiger partial charge in [0.1, 0.15) is 0 Å². The van der Waals surface area contributed by atoms with Crippen molar-refractivity contribution in [1.82, 2.24) is 9.80 Å². The van der Waals surface area contributed by atoms with E-state index in [9.17, 15) is 4.79 Å². The van der Waals surface area contributed by atoms with Crippen molar-refractivity contribution in [3.63, 3.8) is 0 Å². The summed E-state index contributed by atoms with van der Waals surface area (Å²) in [5.41, 5.74) is 7.23. The first-order valence-corrected chi connectivity index (χ1v) is 6.98. The smallest absolute Gasteiger partial charge is 0.321 e. The summed E-state index contributed by atoms with van der Waals surface area (Å²) < 4.78 is 0. The highest BCUT2D eigenvalue weighted by atomic mass is 16.2. The van der Waals surface area contributed by atoms with E-state index in [1.165, 1.54) is 6.42 Å². The van der Waals surface area contributed by atoms with E-state index in [4.69, 9.17) is 5.73 Å². The molecule has 0 bridgehead atoms. The number of hydrogen-bond acceptors (Lipinski definition) is 3. The van der Waals surface area contributed by atoms with Crippen molar-refractivity contribution in [3.8, 4) is 0 Å². The molecule has 1 fully saturated rings. The second-order valence-electron chi connectivity index (χ2n) is 5.88. The van der Waals surface area contributed by atoms with Gasteiger partial charge in [0, 0.05) is 30.5 Å². The van der Waals surface area contributed by atoms with Gasteiger partial charge in [-0.3, -0.25) is 0 Å². The van der Waals surface area contributed by atoms with Gasteiger partial charge in [-0.05, 0) is 51.6 Å². The summed E-state index contributed by atoms with van der Waals surface area (Å²) in [4.78, 5) is 16.2. The number of amides is 2. The number of carbonyl (C=O) groups is 1. The number of nitrogens with zero attached hydrogens (tertiary/aromatic N) is 2. The van der Waals surface area contributed by atoms with E-state index in [1.807, 2.05) is 19.2 Å². The second kappa shape index (κ2) is 5.71. The molecule has 0 unspecified atom stereocenters. The number of urea groups is 1. The topological polar surface area (TPSA) is 61.6 Å². The van der Waals surface area contributed by atoms with Crippen molar-refractivity contribution >= 4 is 17.4 Å². The van der Waals surface area contributed by atoms with Crippen LogP contribution in [0.15, 0.2) is 24.3 Å². The zero-order chi connectivity index (χ0) is 14.8. The van der Waals surface area contributed by atoms with Crippen molar-refractivity contribution in [1.29, 1.82) is 0 Å². The number of hydrogen-bond donors (Lipinski definition) is 2. The standard InChI is InChI=1S/C15H24N4O/c1-18(2)15(8-5-9-15)11-19(3)14(20)17-13-7-4-6-12(16)10-13/h4,6-7,10H,5,8-9,11,16H2,1-3H3,(H,17,20). The van der Waals surface area contributed by atoms with Gasteiger partial charge in [0.15, 0.2) is 0 Å². The first-order chi connectivity index (χ1) is 9.43. The molecule has 1 aromatic carbocycles. The lowest BCUT2D eigenvalue weighted by atomic mass is 9.75. The van der Waals surface area contributed by atoms with E-state index >= 15 is 0 Å². The summed E-state index contributed by atoms with van der Waals surface area (Å²) in [6.45, 7) is 0.744. The highest BCUT2D eigenvalue weighted by molar-refractivity contribution is 5.89. The fourth-order valence-electron chi connectivity index (χ4n) is 2.68. The quantitative estimate of drug-likeness (QED) is 0.829. The summed E-state index contributed by atoms with van der Waals surface area (Å²) in [6.07, 6.45) is 3.54. The molecule has 1 aliphatic rings. The normalized spacial score (nSPS) is 16.6. The molecule has 0 aliphatic heterocycles. The van der Waals surface area contributed by atoms with Gasteiger partial charge in [0.2, 0.25) is 0 Å². The molecule has 1 aliphatic carbocycles. The van der Waals surface area contributed by atoms with Crippen LogP contribution in [-0.2, 0) is 0 Å². The molecule has 2 amide bonds. The van der Waals surface area contributed by atoms with Gasteiger partial charge in [-0.2, -0.15) is 0 Å². The summed E-state index contributed by atoms with van der Waals surface area (Å²) in [5.74, 6) is 0. The molecule has 0 aromatic heterocycles. The Kier molecular flexibility index (Phi) is 4.18. The van der Waals surface area contributed by atoms with Gasteiger partial charge in [-0.1, -0.05) is 6.07 Å². The second-order valence-corrected chi connectivity index (χ2v) is 5.88. The van der Waals surface area contributed by atoms with E-state index in [-0.39, 0.29) is 11.6 Å². The van der Waals surface area contributed by atoms with Crippen LogP contribution in [-0.4, -0.2) is 49.1 Å². The summed E-state index contributed by atoms with van der Waals surface area (Å²) in [6, 6.07) is 7.14. The van der Waals surface area contributed by atoms with Crippen LogP contribution in [0.25, 0.3) is 0 Å². The van der Waals surface area contributed by atoms with Gasteiger partial charge >= 0.3 is 6.03 Å². The van der Waals surface area contributed by atoms with Crippen LogP contribution < -0.4 is 11.1 Å². The number of nitrogens with one attached hydrogen (secondary N) is 1. The van der Waals surface area contributed by atoms with Gasteiger partial charge in [0.25, 0.3) is 0 Å². The molecule has 1 aromatic rings. The fraction of sp³-hybridized carbons (Fsp3) is 0.533. The van der Waals surface area contributed by atoms with E-state index in [2.05, 4.69) is 24.3 Å². The molecule has 0 saturated heterocycles. The van der Waals surface area contributed by atoms with Crippen LogP contribution in [0.4, 0.5) is 16.2 Å². The minimum absolute atomic E-state index is 0.0938. The van der Waals surface area contributed by atoms with Crippen LogP contribution in [0, 0.1) is 0 Å². The molecule has 0 heterocycles. The Morgan fingerprint density at radius 3 is 2.55 bits per heavy atom. The molecule has 0 atom stereocenters. The average Bonchev–Trinajstić information content (AvgIpc) is 2.32. The fourth-order valence-corrected chi connectivity index (χ4v) is 2.68. The number of anilines is 2. The van der Waals surface area contributed by atoms with Crippen LogP contribution in [0.5, 0.6) is 0 Å². The third-order valence-electron chi connectivity index (χ3n) is 4.25. The number of carbonyl (C=O) groups excluding carboxylic acids is 1. The summed E-state index contributed by atoms with van der Waals surface area (Å²) >= 11 is 0. The lowest BCUT2D eigenvalue weighted by Gasteiger charge is -2.49. The van der Waals surface area contributed by atoms with Crippen molar-refractivity contribution in [2.75, 3.05) is 38.7 Å². The Morgan fingerprint density at radius 1 is 1.35 bits per heavy atom. The first-order valence-electron chi connectivity index (χ1n) is 6.98. The number of nitrogen functional groups attached to an aromatic ring is 1. The SMILES string of the molecule is CN(CC1(N(C)C)CCC1)C(=O)Nc1cccc(N)c1. The minimum Gasteiger partial charge on any atom is -0.399 e. The Balaban J connectivity index is 1.95. The lowest BCUT2D eigenvalue weighted by Crippen LogP contribution is -2.57. The third-order valence-corrected chi connectivity index (χ3v) is 4.25. The van der Waals surface area contributed by atoms with Crippen LogP contribution in [0.1, 0.15) is 19.3 Å². The van der Waals surface area contributed by atoms with Crippen LogP contribution >= 0.6 is 0 Å². The third kappa shape index (κ3) is 3.04. The molecule has 1 saturated carbocycles. The zero-order valence-electron chi connectivity index (χ0n) is 12.5. The van der Waals surface area contributed by atoms with Crippen LogP contribution in [0.2, 0.25) is 0 Å². The highest BCUT2D eigenvalue weighted by Gasteiger charge is 2.40. The van der Waals surface area contributed by atoms with Crippen molar-refractivity contribution in [3.05, 3.63) is 24.3 Å². The number of nitrogens with two attached hydrogens (primary N) is 1. The number of benzene rings is 1. The monoisotopic (exact) mass is 276 g/mol. The lowest BCUT2D eigenvalue weighted by molar-refractivity contribution is 0.0379. The largest absolute Gasteiger partial charge is 0.399 e. The van der Waals surface area contributed by atoms with Gasteiger partial charge in [0.05, 0.1) is 0 Å². The van der Waals surface area contributed by atoms with Crippen molar-refractivity contribution in [2.24, 2.45) is 0 Å². The van der Waals surface area contributed by atoms with E-state index in [0.29, 0.717) is 5.69 Å². The first kappa shape index (κ1) is 14.7. The Bertz CT molecular complexity index is 483. The average molecular weight is 276 g/mol. The van der Waals surface area contributed by atoms with Gasteiger partial charge in [-0.25, -0.2) is 4.79 Å². The molecule has 0 spiro atoms. The number of likely N-dealkylation sites (N-methyl/N-ethyl adjacent to an activating group) is 2.